The first-order valence-corrected chi connectivity index (χ1v) is 7.55. The van der Waals surface area contributed by atoms with E-state index in [1.807, 2.05) is 6.92 Å². The number of alkyl halides is 3. The SMILES string of the molecule is CCCN1CCN(C(C)(CN)CCCC(F)(F)F)CC1. The minimum absolute atomic E-state index is 0.159. The van der Waals surface area contributed by atoms with Crippen molar-refractivity contribution < 1.29 is 13.2 Å². The molecule has 0 aliphatic carbocycles. The van der Waals surface area contributed by atoms with Gasteiger partial charge >= 0.3 is 6.18 Å². The Labute approximate surface area is 120 Å². The lowest BCUT2D eigenvalue weighted by Crippen LogP contribution is -2.58. The van der Waals surface area contributed by atoms with Gasteiger partial charge in [0.05, 0.1) is 0 Å². The van der Waals surface area contributed by atoms with Gasteiger partial charge in [-0.15, -0.1) is 0 Å². The number of halogens is 3. The van der Waals surface area contributed by atoms with Crippen LogP contribution in [0.5, 0.6) is 0 Å². The molecule has 0 saturated carbocycles. The lowest BCUT2D eigenvalue weighted by Gasteiger charge is -2.45. The summed E-state index contributed by atoms with van der Waals surface area (Å²) in [6.45, 7) is 9.46. The van der Waals surface area contributed by atoms with E-state index < -0.39 is 12.6 Å². The summed E-state index contributed by atoms with van der Waals surface area (Å²) in [5.41, 5.74) is 5.54. The van der Waals surface area contributed by atoms with Gasteiger partial charge in [-0.3, -0.25) is 4.90 Å². The maximum Gasteiger partial charge on any atom is 0.389 e. The molecule has 120 valence electrons. The minimum Gasteiger partial charge on any atom is -0.329 e. The summed E-state index contributed by atoms with van der Waals surface area (Å²) in [6, 6.07) is 0. The van der Waals surface area contributed by atoms with Gasteiger partial charge in [-0.05, 0) is 32.7 Å². The molecule has 1 unspecified atom stereocenters. The average molecular weight is 295 g/mol. The highest BCUT2D eigenvalue weighted by Crippen LogP contribution is 2.28. The van der Waals surface area contributed by atoms with Crippen LogP contribution in [0, 0.1) is 0 Å². The van der Waals surface area contributed by atoms with E-state index in [1.54, 1.807) is 0 Å². The molecule has 1 saturated heterocycles. The Morgan fingerprint density at radius 3 is 2.10 bits per heavy atom. The molecule has 0 radical (unpaired) electrons. The molecular weight excluding hydrogens is 267 g/mol. The molecule has 0 aromatic rings. The molecular formula is C14H28F3N3. The van der Waals surface area contributed by atoms with Crippen molar-refractivity contribution in [1.29, 1.82) is 0 Å². The molecule has 2 N–H and O–H groups in total. The molecule has 0 aromatic carbocycles. The topological polar surface area (TPSA) is 32.5 Å². The van der Waals surface area contributed by atoms with E-state index in [9.17, 15) is 13.2 Å². The summed E-state index contributed by atoms with van der Waals surface area (Å²) in [5, 5.41) is 0. The van der Waals surface area contributed by atoms with Gasteiger partial charge < -0.3 is 10.6 Å². The smallest absolute Gasteiger partial charge is 0.329 e. The number of hydrogen-bond donors (Lipinski definition) is 1. The minimum atomic E-state index is -4.06. The van der Waals surface area contributed by atoms with Crippen LogP contribution in [0.3, 0.4) is 0 Å². The summed E-state index contributed by atoms with van der Waals surface area (Å²) >= 11 is 0. The first-order valence-electron chi connectivity index (χ1n) is 7.55. The number of hydrogen-bond acceptors (Lipinski definition) is 3. The van der Waals surface area contributed by atoms with Crippen LogP contribution in [0.4, 0.5) is 13.2 Å². The summed E-state index contributed by atoms with van der Waals surface area (Å²) in [6.07, 6.45) is -2.96. The lowest BCUT2D eigenvalue weighted by molar-refractivity contribution is -0.137. The molecule has 0 spiro atoms. The second kappa shape index (κ2) is 7.61. The van der Waals surface area contributed by atoms with Crippen molar-refractivity contribution in [2.75, 3.05) is 39.3 Å². The van der Waals surface area contributed by atoms with Crippen LogP contribution in [-0.4, -0.2) is 60.8 Å². The van der Waals surface area contributed by atoms with Gasteiger partial charge in [0, 0.05) is 44.7 Å². The summed E-state index contributed by atoms with van der Waals surface area (Å²) in [7, 11) is 0. The Bertz CT molecular complexity index is 275. The second-order valence-corrected chi connectivity index (χ2v) is 6.00. The van der Waals surface area contributed by atoms with E-state index in [4.69, 9.17) is 5.73 Å². The largest absolute Gasteiger partial charge is 0.389 e. The van der Waals surface area contributed by atoms with Crippen LogP contribution in [-0.2, 0) is 0 Å². The molecule has 0 bridgehead atoms. The fourth-order valence-corrected chi connectivity index (χ4v) is 2.89. The van der Waals surface area contributed by atoms with E-state index in [2.05, 4.69) is 16.7 Å². The molecule has 0 aromatic heterocycles. The zero-order chi connectivity index (χ0) is 15.2. The summed E-state index contributed by atoms with van der Waals surface area (Å²) in [5.74, 6) is 0. The number of rotatable bonds is 7. The van der Waals surface area contributed by atoms with E-state index in [0.29, 0.717) is 13.0 Å². The van der Waals surface area contributed by atoms with Crippen LogP contribution in [0.2, 0.25) is 0 Å². The van der Waals surface area contributed by atoms with Crippen LogP contribution < -0.4 is 5.73 Å². The van der Waals surface area contributed by atoms with Crippen LogP contribution >= 0.6 is 0 Å². The molecule has 1 fully saturated rings. The van der Waals surface area contributed by atoms with Crippen molar-refractivity contribution in [2.45, 2.75) is 51.2 Å². The second-order valence-electron chi connectivity index (χ2n) is 6.00. The van der Waals surface area contributed by atoms with Crippen LogP contribution in [0.15, 0.2) is 0 Å². The lowest BCUT2D eigenvalue weighted by atomic mass is 9.91. The summed E-state index contributed by atoms with van der Waals surface area (Å²) < 4.78 is 36.8. The maximum atomic E-state index is 12.3. The Balaban J connectivity index is 2.44. The highest BCUT2D eigenvalue weighted by molar-refractivity contribution is 4.90. The third-order valence-electron chi connectivity index (χ3n) is 4.29. The van der Waals surface area contributed by atoms with E-state index >= 15 is 0 Å². The molecule has 1 atom stereocenters. The molecule has 1 heterocycles. The van der Waals surface area contributed by atoms with Crippen molar-refractivity contribution in [3.05, 3.63) is 0 Å². The Morgan fingerprint density at radius 2 is 1.65 bits per heavy atom. The molecule has 1 aliphatic heterocycles. The number of nitrogens with zero attached hydrogens (tertiary/aromatic N) is 2. The van der Waals surface area contributed by atoms with Gasteiger partial charge in [0.1, 0.15) is 0 Å². The van der Waals surface area contributed by atoms with Gasteiger partial charge in [0.25, 0.3) is 0 Å². The Morgan fingerprint density at radius 1 is 1.05 bits per heavy atom. The van der Waals surface area contributed by atoms with Gasteiger partial charge in [-0.25, -0.2) is 0 Å². The zero-order valence-corrected chi connectivity index (χ0v) is 12.7. The molecule has 20 heavy (non-hydrogen) atoms. The highest BCUT2D eigenvalue weighted by Gasteiger charge is 2.34. The third kappa shape index (κ3) is 5.58. The van der Waals surface area contributed by atoms with Crippen molar-refractivity contribution in [3.8, 4) is 0 Å². The van der Waals surface area contributed by atoms with Gasteiger partial charge in [-0.1, -0.05) is 6.92 Å². The predicted octanol–water partition coefficient (Wildman–Crippen LogP) is 2.46. The van der Waals surface area contributed by atoms with Gasteiger partial charge in [0.15, 0.2) is 0 Å². The first-order chi connectivity index (χ1) is 9.30. The monoisotopic (exact) mass is 295 g/mol. The van der Waals surface area contributed by atoms with E-state index in [1.165, 1.54) is 0 Å². The molecule has 1 rings (SSSR count). The number of piperazine rings is 1. The van der Waals surface area contributed by atoms with Crippen LogP contribution in [0.1, 0.15) is 39.5 Å². The van der Waals surface area contributed by atoms with Crippen molar-refractivity contribution >= 4 is 0 Å². The van der Waals surface area contributed by atoms with E-state index in [-0.39, 0.29) is 12.0 Å². The first kappa shape index (κ1) is 17.7. The molecule has 1 aliphatic rings. The molecule has 3 nitrogen and oxygen atoms in total. The van der Waals surface area contributed by atoms with Crippen LogP contribution in [0.25, 0.3) is 0 Å². The molecule has 0 amide bonds. The highest BCUT2D eigenvalue weighted by atomic mass is 19.4. The van der Waals surface area contributed by atoms with Crippen molar-refractivity contribution in [2.24, 2.45) is 5.73 Å². The third-order valence-corrected chi connectivity index (χ3v) is 4.29. The Kier molecular flexibility index (Phi) is 6.75. The summed E-state index contributed by atoms with van der Waals surface area (Å²) in [4.78, 5) is 4.68. The fraction of sp³-hybridized carbons (Fsp3) is 1.00. The normalized spacial score (nSPS) is 21.9. The maximum absolute atomic E-state index is 12.3. The van der Waals surface area contributed by atoms with Gasteiger partial charge in [-0.2, -0.15) is 13.2 Å². The standard InChI is InChI=1S/C14H28F3N3/c1-3-7-19-8-10-20(11-9-19)13(2,12-18)5-4-6-14(15,16)17/h3-12,18H2,1-2H3. The van der Waals surface area contributed by atoms with E-state index in [0.717, 1.165) is 39.1 Å². The quantitative estimate of drug-likeness (QED) is 0.783. The fourth-order valence-electron chi connectivity index (χ4n) is 2.89. The predicted molar refractivity (Wildman–Crippen MR) is 75.7 cm³/mol. The van der Waals surface area contributed by atoms with Crippen molar-refractivity contribution in [3.63, 3.8) is 0 Å². The average Bonchev–Trinajstić information content (AvgIpc) is 2.38. The zero-order valence-electron chi connectivity index (χ0n) is 12.7. The van der Waals surface area contributed by atoms with Crippen molar-refractivity contribution in [1.82, 2.24) is 9.80 Å². The molecule has 6 heteroatoms. The number of nitrogens with two attached hydrogens (primary N) is 1. The Hall–Kier alpha value is -0.330. The van der Waals surface area contributed by atoms with Gasteiger partial charge in [0.2, 0.25) is 0 Å².